The average Bonchev–Trinajstić information content (AvgIpc) is 2.67. The minimum atomic E-state index is -0.391. The molecule has 0 bridgehead atoms. The number of amides is 2. The predicted molar refractivity (Wildman–Crippen MR) is 105 cm³/mol. The topological polar surface area (TPSA) is 61.9 Å². The second-order valence-electron chi connectivity index (χ2n) is 6.82. The molecule has 0 spiro atoms. The SMILES string of the molecule is Cc1cccc(OCC(=O)N2CCN(CC(=O)Nc3cccc(F)c3)CC2)c1. The summed E-state index contributed by atoms with van der Waals surface area (Å²) in [5.74, 6) is 0.0253. The molecule has 28 heavy (non-hydrogen) atoms. The van der Waals surface area contributed by atoms with Gasteiger partial charge in [-0.1, -0.05) is 18.2 Å². The number of anilines is 1. The Morgan fingerprint density at radius 1 is 1.07 bits per heavy atom. The molecule has 2 aromatic carbocycles. The second kappa shape index (κ2) is 9.32. The lowest BCUT2D eigenvalue weighted by Gasteiger charge is -2.34. The van der Waals surface area contributed by atoms with Crippen molar-refractivity contribution in [1.29, 1.82) is 0 Å². The van der Waals surface area contributed by atoms with E-state index in [0.717, 1.165) is 5.56 Å². The van der Waals surface area contributed by atoms with Crippen molar-refractivity contribution >= 4 is 17.5 Å². The summed E-state index contributed by atoms with van der Waals surface area (Å²) in [6.45, 7) is 4.48. The van der Waals surface area contributed by atoms with Crippen molar-refractivity contribution in [3.63, 3.8) is 0 Å². The second-order valence-corrected chi connectivity index (χ2v) is 6.82. The van der Waals surface area contributed by atoms with E-state index >= 15 is 0 Å². The van der Waals surface area contributed by atoms with Crippen LogP contribution >= 0.6 is 0 Å². The largest absolute Gasteiger partial charge is 0.484 e. The first-order chi connectivity index (χ1) is 13.5. The summed E-state index contributed by atoms with van der Waals surface area (Å²) in [5, 5.41) is 2.69. The number of ether oxygens (including phenoxy) is 1. The van der Waals surface area contributed by atoms with Crippen LogP contribution in [-0.4, -0.2) is 60.9 Å². The Hall–Kier alpha value is -2.93. The molecular weight excluding hydrogens is 361 g/mol. The van der Waals surface area contributed by atoms with Gasteiger partial charge in [-0.2, -0.15) is 0 Å². The molecule has 148 valence electrons. The first kappa shape index (κ1) is 19.8. The molecule has 0 unspecified atom stereocenters. The minimum Gasteiger partial charge on any atom is -0.484 e. The maximum absolute atomic E-state index is 13.2. The number of nitrogens with zero attached hydrogens (tertiary/aromatic N) is 2. The van der Waals surface area contributed by atoms with Crippen LogP contribution in [0.15, 0.2) is 48.5 Å². The van der Waals surface area contributed by atoms with Gasteiger partial charge in [-0.05, 0) is 42.8 Å². The van der Waals surface area contributed by atoms with Crippen LogP contribution in [0, 0.1) is 12.7 Å². The van der Waals surface area contributed by atoms with Gasteiger partial charge in [0.25, 0.3) is 5.91 Å². The third-order valence-electron chi connectivity index (χ3n) is 4.55. The number of halogens is 1. The highest BCUT2D eigenvalue weighted by molar-refractivity contribution is 5.92. The van der Waals surface area contributed by atoms with E-state index in [2.05, 4.69) is 5.32 Å². The van der Waals surface area contributed by atoms with Gasteiger partial charge in [0, 0.05) is 31.9 Å². The van der Waals surface area contributed by atoms with E-state index in [1.54, 1.807) is 17.0 Å². The van der Waals surface area contributed by atoms with E-state index in [4.69, 9.17) is 4.74 Å². The summed E-state index contributed by atoms with van der Waals surface area (Å²) in [7, 11) is 0. The zero-order chi connectivity index (χ0) is 19.9. The van der Waals surface area contributed by atoms with Gasteiger partial charge < -0.3 is 15.0 Å². The molecule has 0 aliphatic carbocycles. The van der Waals surface area contributed by atoms with Gasteiger partial charge in [0.1, 0.15) is 11.6 Å². The lowest BCUT2D eigenvalue weighted by Crippen LogP contribution is -2.51. The normalized spacial score (nSPS) is 14.6. The third kappa shape index (κ3) is 5.79. The number of carbonyl (C=O) groups is 2. The lowest BCUT2D eigenvalue weighted by atomic mass is 10.2. The van der Waals surface area contributed by atoms with Crippen molar-refractivity contribution in [3.05, 3.63) is 59.9 Å². The van der Waals surface area contributed by atoms with E-state index in [-0.39, 0.29) is 25.0 Å². The van der Waals surface area contributed by atoms with Crippen molar-refractivity contribution in [3.8, 4) is 5.75 Å². The molecule has 0 saturated carbocycles. The van der Waals surface area contributed by atoms with Gasteiger partial charge in [0.05, 0.1) is 6.54 Å². The number of aryl methyl sites for hydroxylation is 1. The van der Waals surface area contributed by atoms with Crippen molar-refractivity contribution in [2.24, 2.45) is 0 Å². The molecule has 0 aromatic heterocycles. The van der Waals surface area contributed by atoms with Crippen LogP contribution in [0.4, 0.5) is 10.1 Å². The number of hydrogen-bond acceptors (Lipinski definition) is 4. The van der Waals surface area contributed by atoms with E-state index in [1.807, 2.05) is 36.1 Å². The fourth-order valence-electron chi connectivity index (χ4n) is 3.07. The Morgan fingerprint density at radius 2 is 1.82 bits per heavy atom. The summed E-state index contributed by atoms with van der Waals surface area (Å²) in [6, 6.07) is 13.4. The van der Waals surface area contributed by atoms with Crippen LogP contribution in [-0.2, 0) is 9.59 Å². The van der Waals surface area contributed by atoms with Crippen LogP contribution < -0.4 is 10.1 Å². The average molecular weight is 385 g/mol. The quantitative estimate of drug-likeness (QED) is 0.829. The number of piperazine rings is 1. The summed E-state index contributed by atoms with van der Waals surface area (Å²) in [4.78, 5) is 28.2. The molecule has 6 nitrogen and oxygen atoms in total. The molecule has 1 fully saturated rings. The van der Waals surface area contributed by atoms with Gasteiger partial charge in [0.2, 0.25) is 5.91 Å². The molecule has 0 radical (unpaired) electrons. The van der Waals surface area contributed by atoms with Crippen molar-refractivity contribution in [2.45, 2.75) is 6.92 Å². The molecule has 1 aliphatic heterocycles. The number of hydrogen-bond donors (Lipinski definition) is 1. The smallest absolute Gasteiger partial charge is 0.260 e. The molecule has 1 N–H and O–H groups in total. The van der Waals surface area contributed by atoms with Crippen LogP contribution in [0.5, 0.6) is 5.75 Å². The van der Waals surface area contributed by atoms with Gasteiger partial charge in [-0.15, -0.1) is 0 Å². The van der Waals surface area contributed by atoms with Crippen LogP contribution in [0.25, 0.3) is 0 Å². The predicted octanol–water partition coefficient (Wildman–Crippen LogP) is 2.30. The number of nitrogens with one attached hydrogen (secondary N) is 1. The van der Waals surface area contributed by atoms with Crippen molar-refractivity contribution in [2.75, 3.05) is 44.6 Å². The highest BCUT2D eigenvalue weighted by atomic mass is 19.1. The monoisotopic (exact) mass is 385 g/mol. The highest BCUT2D eigenvalue weighted by Gasteiger charge is 2.22. The minimum absolute atomic E-state index is 0.00348. The zero-order valence-corrected chi connectivity index (χ0v) is 15.9. The van der Waals surface area contributed by atoms with E-state index in [0.29, 0.717) is 37.6 Å². The molecule has 2 aromatic rings. The first-order valence-electron chi connectivity index (χ1n) is 9.24. The van der Waals surface area contributed by atoms with E-state index < -0.39 is 5.82 Å². The summed E-state index contributed by atoms with van der Waals surface area (Å²) in [6.07, 6.45) is 0. The Bertz CT molecular complexity index is 835. The summed E-state index contributed by atoms with van der Waals surface area (Å²) in [5.41, 5.74) is 1.52. The highest BCUT2D eigenvalue weighted by Crippen LogP contribution is 2.13. The van der Waals surface area contributed by atoms with Gasteiger partial charge in [0.15, 0.2) is 6.61 Å². The van der Waals surface area contributed by atoms with Gasteiger partial charge in [-0.25, -0.2) is 4.39 Å². The van der Waals surface area contributed by atoms with Gasteiger partial charge >= 0.3 is 0 Å². The molecule has 1 heterocycles. The molecule has 7 heteroatoms. The van der Waals surface area contributed by atoms with Gasteiger partial charge in [-0.3, -0.25) is 14.5 Å². The Kier molecular flexibility index (Phi) is 6.60. The van der Waals surface area contributed by atoms with Crippen LogP contribution in [0.3, 0.4) is 0 Å². The molecule has 0 atom stereocenters. The number of benzene rings is 2. The maximum Gasteiger partial charge on any atom is 0.260 e. The van der Waals surface area contributed by atoms with Crippen molar-refractivity contribution < 1.29 is 18.7 Å². The number of carbonyl (C=O) groups excluding carboxylic acids is 2. The lowest BCUT2D eigenvalue weighted by molar-refractivity contribution is -0.135. The molecular formula is C21H24FN3O3. The van der Waals surface area contributed by atoms with E-state index in [9.17, 15) is 14.0 Å². The first-order valence-corrected chi connectivity index (χ1v) is 9.24. The molecule has 1 saturated heterocycles. The molecule has 3 rings (SSSR count). The fourth-order valence-corrected chi connectivity index (χ4v) is 3.07. The Morgan fingerprint density at radius 3 is 2.54 bits per heavy atom. The van der Waals surface area contributed by atoms with Crippen LogP contribution in [0.2, 0.25) is 0 Å². The Balaban J connectivity index is 1.40. The van der Waals surface area contributed by atoms with Crippen LogP contribution in [0.1, 0.15) is 5.56 Å². The summed E-state index contributed by atoms with van der Waals surface area (Å²) >= 11 is 0. The summed E-state index contributed by atoms with van der Waals surface area (Å²) < 4.78 is 18.7. The number of rotatable bonds is 6. The standard InChI is InChI=1S/C21H24FN3O3/c1-16-4-2-7-19(12-16)28-15-21(27)25-10-8-24(9-11-25)14-20(26)23-18-6-3-5-17(22)13-18/h2-7,12-13H,8-11,14-15H2,1H3,(H,23,26). The molecule has 1 aliphatic rings. The maximum atomic E-state index is 13.2. The van der Waals surface area contributed by atoms with E-state index in [1.165, 1.54) is 12.1 Å². The zero-order valence-electron chi connectivity index (χ0n) is 15.9. The Labute approximate surface area is 163 Å². The molecule has 2 amide bonds. The fraction of sp³-hybridized carbons (Fsp3) is 0.333. The van der Waals surface area contributed by atoms with Crippen molar-refractivity contribution in [1.82, 2.24) is 9.80 Å². The third-order valence-corrected chi connectivity index (χ3v) is 4.55.